The van der Waals surface area contributed by atoms with E-state index in [0.29, 0.717) is 17.5 Å². The molecule has 0 fully saturated rings. The Labute approximate surface area is 164 Å². The van der Waals surface area contributed by atoms with Gasteiger partial charge in [-0.2, -0.15) is 4.98 Å². The Bertz CT molecular complexity index is 949. The third-order valence-corrected chi connectivity index (χ3v) is 3.99. The second kappa shape index (κ2) is 8.67. The molecule has 1 amide bonds. The van der Waals surface area contributed by atoms with Gasteiger partial charge in [-0.3, -0.25) is 4.79 Å². The van der Waals surface area contributed by atoms with Crippen LogP contribution >= 0.6 is 0 Å². The van der Waals surface area contributed by atoms with Crippen molar-refractivity contribution in [2.45, 2.75) is 26.9 Å². The molecular formula is C21H24N4O3. The second-order valence-corrected chi connectivity index (χ2v) is 6.64. The highest BCUT2D eigenvalue weighted by Crippen LogP contribution is 2.27. The van der Waals surface area contributed by atoms with E-state index in [2.05, 4.69) is 15.4 Å². The Morgan fingerprint density at radius 3 is 2.50 bits per heavy atom. The third kappa shape index (κ3) is 4.55. The summed E-state index contributed by atoms with van der Waals surface area (Å²) in [5, 5.41) is 7.31. The van der Waals surface area contributed by atoms with Gasteiger partial charge in [0.05, 0.1) is 11.8 Å². The molecule has 1 aromatic heterocycles. The number of methoxy groups -OCH3 is 1. The molecule has 7 nitrogen and oxygen atoms in total. The lowest BCUT2D eigenvalue weighted by atomic mass is 10.1. The van der Waals surface area contributed by atoms with Crippen LogP contribution in [-0.2, 0) is 9.53 Å². The lowest BCUT2D eigenvalue weighted by Gasteiger charge is -2.09. The van der Waals surface area contributed by atoms with Gasteiger partial charge in [-0.05, 0) is 50.6 Å². The quantitative estimate of drug-likeness (QED) is 0.677. The molecular weight excluding hydrogens is 356 g/mol. The molecule has 0 aliphatic heterocycles. The van der Waals surface area contributed by atoms with Crippen molar-refractivity contribution < 1.29 is 14.3 Å². The number of amides is 1. The zero-order chi connectivity index (χ0) is 20.1. The van der Waals surface area contributed by atoms with Crippen LogP contribution in [0.25, 0.3) is 17.1 Å². The summed E-state index contributed by atoms with van der Waals surface area (Å²) < 4.78 is 12.3. The Balaban J connectivity index is 1.97. The predicted octanol–water partition coefficient (Wildman–Crippen LogP) is 3.61. The first-order chi connectivity index (χ1) is 13.5. The first-order valence-corrected chi connectivity index (χ1v) is 9.07. The summed E-state index contributed by atoms with van der Waals surface area (Å²) >= 11 is 0. The van der Waals surface area contributed by atoms with E-state index in [1.165, 1.54) is 7.11 Å². The smallest absolute Gasteiger partial charge is 0.336 e. The molecule has 0 saturated heterocycles. The molecule has 146 valence electrons. The number of carbonyl (C=O) groups excluding carboxylic acids is 1. The molecule has 1 N–H and O–H groups in total. The maximum atomic E-state index is 11.7. The van der Waals surface area contributed by atoms with Crippen LogP contribution in [0.15, 0.2) is 48.5 Å². The van der Waals surface area contributed by atoms with Crippen LogP contribution in [0.3, 0.4) is 0 Å². The monoisotopic (exact) mass is 380 g/mol. The average molecular weight is 380 g/mol. The van der Waals surface area contributed by atoms with E-state index in [9.17, 15) is 4.79 Å². The van der Waals surface area contributed by atoms with Crippen molar-refractivity contribution in [3.63, 3.8) is 0 Å². The fourth-order valence-electron chi connectivity index (χ4n) is 2.75. The molecule has 7 heteroatoms. The van der Waals surface area contributed by atoms with Crippen LogP contribution in [0.1, 0.15) is 19.4 Å². The first kappa shape index (κ1) is 19.6. The van der Waals surface area contributed by atoms with E-state index in [4.69, 9.17) is 9.47 Å². The topological polar surface area (TPSA) is 78.3 Å². The summed E-state index contributed by atoms with van der Waals surface area (Å²) in [6, 6.07) is 15.7. The number of nitrogens with one attached hydrogen (secondary N) is 1. The van der Waals surface area contributed by atoms with Crippen LogP contribution in [0.4, 0.5) is 5.69 Å². The number of benzene rings is 2. The number of rotatable bonds is 7. The molecule has 0 spiro atoms. The molecule has 0 atom stereocenters. The number of aromatic nitrogens is 3. The number of hydrogen-bond acceptors (Lipinski definition) is 5. The van der Waals surface area contributed by atoms with Crippen molar-refractivity contribution in [1.29, 1.82) is 0 Å². The molecule has 2 aromatic carbocycles. The molecule has 0 aliphatic carbocycles. The zero-order valence-electron chi connectivity index (χ0n) is 16.5. The summed E-state index contributed by atoms with van der Waals surface area (Å²) in [4.78, 5) is 16.3. The molecule has 1 heterocycles. The SMILES string of the molecule is COCC(=O)Nc1ccc(-n2nc(OC(C)C)nc2-c2ccccc2C)cc1. The van der Waals surface area contributed by atoms with E-state index in [0.717, 1.165) is 16.8 Å². The Hall–Kier alpha value is -3.19. The number of nitrogens with zero attached hydrogens (tertiary/aromatic N) is 3. The van der Waals surface area contributed by atoms with Crippen LogP contribution in [-0.4, -0.2) is 40.5 Å². The number of hydrogen-bond donors (Lipinski definition) is 1. The number of anilines is 1. The molecule has 3 aromatic rings. The van der Waals surface area contributed by atoms with Gasteiger partial charge >= 0.3 is 6.01 Å². The van der Waals surface area contributed by atoms with Gasteiger partial charge in [0.1, 0.15) is 6.61 Å². The highest BCUT2D eigenvalue weighted by atomic mass is 16.5. The van der Waals surface area contributed by atoms with Crippen molar-refractivity contribution in [2.75, 3.05) is 19.0 Å². The molecule has 0 bridgehead atoms. The minimum atomic E-state index is -0.204. The molecule has 0 unspecified atom stereocenters. The summed E-state index contributed by atoms with van der Waals surface area (Å²) in [5.74, 6) is 0.495. The average Bonchev–Trinajstić information content (AvgIpc) is 3.05. The summed E-state index contributed by atoms with van der Waals surface area (Å²) in [7, 11) is 1.48. The minimum Gasteiger partial charge on any atom is -0.460 e. The van der Waals surface area contributed by atoms with Crippen molar-refractivity contribution >= 4 is 11.6 Å². The largest absolute Gasteiger partial charge is 0.460 e. The lowest BCUT2D eigenvalue weighted by Crippen LogP contribution is -2.17. The maximum Gasteiger partial charge on any atom is 0.336 e. The van der Waals surface area contributed by atoms with E-state index < -0.39 is 0 Å². The van der Waals surface area contributed by atoms with E-state index in [1.807, 2.05) is 69.3 Å². The minimum absolute atomic E-state index is 0.0121. The van der Waals surface area contributed by atoms with Crippen LogP contribution in [0.5, 0.6) is 6.01 Å². The van der Waals surface area contributed by atoms with Crippen molar-refractivity contribution in [3.05, 3.63) is 54.1 Å². The molecule has 0 radical (unpaired) electrons. The fourth-order valence-corrected chi connectivity index (χ4v) is 2.75. The Morgan fingerprint density at radius 1 is 1.14 bits per heavy atom. The number of aryl methyl sites for hydroxylation is 1. The molecule has 3 rings (SSSR count). The van der Waals surface area contributed by atoms with Crippen molar-refractivity contribution in [3.8, 4) is 23.1 Å². The molecule has 0 aliphatic rings. The second-order valence-electron chi connectivity index (χ2n) is 6.64. The molecule has 0 saturated carbocycles. The van der Waals surface area contributed by atoms with Crippen molar-refractivity contribution in [1.82, 2.24) is 14.8 Å². The Morgan fingerprint density at radius 2 is 1.86 bits per heavy atom. The highest BCUT2D eigenvalue weighted by Gasteiger charge is 2.17. The highest BCUT2D eigenvalue weighted by molar-refractivity contribution is 5.91. The zero-order valence-corrected chi connectivity index (χ0v) is 16.5. The summed E-state index contributed by atoms with van der Waals surface area (Å²) in [6.45, 7) is 5.92. The van der Waals surface area contributed by atoms with Gasteiger partial charge in [-0.25, -0.2) is 4.68 Å². The first-order valence-electron chi connectivity index (χ1n) is 9.07. The van der Waals surface area contributed by atoms with Gasteiger partial charge in [0.25, 0.3) is 0 Å². The van der Waals surface area contributed by atoms with Gasteiger partial charge in [-0.1, -0.05) is 24.3 Å². The third-order valence-electron chi connectivity index (χ3n) is 3.99. The Kier molecular flexibility index (Phi) is 6.06. The van der Waals surface area contributed by atoms with E-state index in [1.54, 1.807) is 4.68 Å². The summed E-state index contributed by atoms with van der Waals surface area (Å²) in [5.41, 5.74) is 3.57. The van der Waals surface area contributed by atoms with Gasteiger partial charge in [0.2, 0.25) is 5.91 Å². The number of ether oxygens (including phenoxy) is 2. The molecule has 28 heavy (non-hydrogen) atoms. The lowest BCUT2D eigenvalue weighted by molar-refractivity contribution is -0.119. The maximum absolute atomic E-state index is 11.7. The van der Waals surface area contributed by atoms with Crippen LogP contribution in [0, 0.1) is 6.92 Å². The van der Waals surface area contributed by atoms with Gasteiger partial charge in [0.15, 0.2) is 5.82 Å². The van der Waals surface area contributed by atoms with Crippen LogP contribution < -0.4 is 10.1 Å². The fraction of sp³-hybridized carbons (Fsp3) is 0.286. The van der Waals surface area contributed by atoms with E-state index >= 15 is 0 Å². The predicted molar refractivity (Wildman–Crippen MR) is 108 cm³/mol. The number of carbonyl (C=O) groups is 1. The van der Waals surface area contributed by atoms with Gasteiger partial charge < -0.3 is 14.8 Å². The van der Waals surface area contributed by atoms with Gasteiger partial charge in [-0.15, -0.1) is 5.10 Å². The normalized spacial score (nSPS) is 10.9. The standard InChI is InChI=1S/C21H24N4O3/c1-14(2)28-21-23-20(18-8-6-5-7-15(18)3)25(24-21)17-11-9-16(10-12-17)22-19(26)13-27-4/h5-12,14H,13H2,1-4H3,(H,22,26). The van der Waals surface area contributed by atoms with E-state index in [-0.39, 0.29) is 18.6 Å². The van der Waals surface area contributed by atoms with Crippen LogP contribution in [0.2, 0.25) is 0 Å². The summed E-state index contributed by atoms with van der Waals surface area (Å²) in [6.07, 6.45) is -0.0288. The van der Waals surface area contributed by atoms with Gasteiger partial charge in [0, 0.05) is 18.4 Å². The van der Waals surface area contributed by atoms with Crippen molar-refractivity contribution in [2.24, 2.45) is 0 Å².